The summed E-state index contributed by atoms with van der Waals surface area (Å²) in [6.07, 6.45) is 2.42. The van der Waals surface area contributed by atoms with E-state index in [1.807, 2.05) is 37.4 Å². The molecule has 7 heteroatoms. The van der Waals surface area contributed by atoms with Gasteiger partial charge in [0.25, 0.3) is 5.91 Å². The van der Waals surface area contributed by atoms with Crippen LogP contribution in [-0.4, -0.2) is 43.7 Å². The highest BCUT2D eigenvalue weighted by Crippen LogP contribution is 2.18. The van der Waals surface area contributed by atoms with Gasteiger partial charge < -0.3 is 4.57 Å². The molecule has 0 unspecified atom stereocenters. The van der Waals surface area contributed by atoms with Gasteiger partial charge in [-0.2, -0.15) is 5.10 Å². The van der Waals surface area contributed by atoms with Gasteiger partial charge in [-0.05, 0) is 5.56 Å². The van der Waals surface area contributed by atoms with E-state index in [9.17, 15) is 4.79 Å². The summed E-state index contributed by atoms with van der Waals surface area (Å²) in [5.41, 5.74) is 2.04. The molecule has 0 spiro atoms. The van der Waals surface area contributed by atoms with Crippen molar-refractivity contribution in [3.63, 3.8) is 0 Å². The number of carbonyl (C=O) groups excluding carboxylic acids is 1. The first-order valence-electron chi connectivity index (χ1n) is 6.64. The van der Waals surface area contributed by atoms with Gasteiger partial charge in [-0.3, -0.25) is 4.79 Å². The molecule has 1 aliphatic heterocycles. The SMILES string of the molecule is Cn1cnnc1SCC(=O)N1CCC(c2ccccc2)=N1. The number of rotatable bonds is 4. The predicted molar refractivity (Wildman–Crippen MR) is 81.0 cm³/mol. The maximum absolute atomic E-state index is 12.2. The van der Waals surface area contributed by atoms with E-state index < -0.39 is 0 Å². The highest BCUT2D eigenvalue weighted by atomic mass is 32.2. The number of carbonyl (C=O) groups is 1. The molecule has 21 heavy (non-hydrogen) atoms. The Labute approximate surface area is 126 Å². The maximum Gasteiger partial charge on any atom is 0.253 e. The minimum atomic E-state index is -0.00562. The van der Waals surface area contributed by atoms with Gasteiger partial charge in [0.15, 0.2) is 5.16 Å². The van der Waals surface area contributed by atoms with Crippen LogP contribution in [0, 0.1) is 0 Å². The second-order valence-electron chi connectivity index (χ2n) is 4.69. The van der Waals surface area contributed by atoms with Crippen molar-refractivity contribution in [3.05, 3.63) is 42.2 Å². The Bertz CT molecular complexity index is 667. The molecule has 6 nitrogen and oxygen atoms in total. The lowest BCUT2D eigenvalue weighted by atomic mass is 10.1. The molecule has 1 aromatic heterocycles. The van der Waals surface area contributed by atoms with Crippen molar-refractivity contribution in [1.82, 2.24) is 19.8 Å². The maximum atomic E-state index is 12.2. The Kier molecular flexibility index (Phi) is 4.01. The summed E-state index contributed by atoms with van der Waals surface area (Å²) in [4.78, 5) is 12.2. The fourth-order valence-electron chi connectivity index (χ4n) is 2.07. The standard InChI is InChI=1S/C14H15N5OS/c1-18-10-15-16-14(18)21-9-13(20)19-8-7-12(17-19)11-5-3-2-4-6-11/h2-6,10H,7-9H2,1H3. The molecule has 1 aromatic carbocycles. The zero-order chi connectivity index (χ0) is 14.7. The van der Waals surface area contributed by atoms with Crippen LogP contribution in [0.15, 0.2) is 46.9 Å². The van der Waals surface area contributed by atoms with Crippen LogP contribution in [0.5, 0.6) is 0 Å². The third-order valence-corrected chi connectivity index (χ3v) is 4.21. The third kappa shape index (κ3) is 3.13. The van der Waals surface area contributed by atoms with E-state index >= 15 is 0 Å². The van der Waals surface area contributed by atoms with Gasteiger partial charge in [-0.25, -0.2) is 5.01 Å². The van der Waals surface area contributed by atoms with Gasteiger partial charge in [0.05, 0.1) is 18.0 Å². The van der Waals surface area contributed by atoms with Crippen molar-refractivity contribution in [1.29, 1.82) is 0 Å². The lowest BCUT2D eigenvalue weighted by molar-refractivity contribution is -0.127. The van der Waals surface area contributed by atoms with Crippen LogP contribution >= 0.6 is 11.8 Å². The molecule has 0 aliphatic carbocycles. The monoisotopic (exact) mass is 301 g/mol. The zero-order valence-corrected chi connectivity index (χ0v) is 12.5. The number of nitrogens with zero attached hydrogens (tertiary/aromatic N) is 5. The molecule has 0 saturated carbocycles. The largest absolute Gasteiger partial charge is 0.312 e. The Hall–Kier alpha value is -2.15. The summed E-state index contributed by atoms with van der Waals surface area (Å²) in [5.74, 6) is 0.312. The summed E-state index contributed by atoms with van der Waals surface area (Å²) in [6.45, 7) is 0.641. The van der Waals surface area contributed by atoms with Gasteiger partial charge in [-0.15, -0.1) is 10.2 Å². The average Bonchev–Trinajstić information content (AvgIpc) is 3.15. The Balaban J connectivity index is 1.61. The second kappa shape index (κ2) is 6.09. The Morgan fingerprint density at radius 1 is 1.33 bits per heavy atom. The molecule has 2 heterocycles. The molecular weight excluding hydrogens is 286 g/mol. The molecule has 0 N–H and O–H groups in total. The molecular formula is C14H15N5OS. The summed E-state index contributed by atoms with van der Waals surface area (Å²) in [5, 5.41) is 14.4. The number of thioether (sulfide) groups is 1. The first kappa shape index (κ1) is 13.8. The first-order valence-corrected chi connectivity index (χ1v) is 7.62. The summed E-state index contributed by atoms with van der Waals surface area (Å²) < 4.78 is 1.79. The normalized spacial score (nSPS) is 14.3. The molecule has 1 amide bonds. The van der Waals surface area contributed by atoms with Gasteiger partial charge in [-0.1, -0.05) is 42.1 Å². The number of hydrogen-bond acceptors (Lipinski definition) is 5. The number of hydrogen-bond donors (Lipinski definition) is 0. The smallest absolute Gasteiger partial charge is 0.253 e. The highest BCUT2D eigenvalue weighted by molar-refractivity contribution is 7.99. The highest BCUT2D eigenvalue weighted by Gasteiger charge is 2.21. The van der Waals surface area contributed by atoms with E-state index in [1.54, 1.807) is 15.9 Å². The summed E-state index contributed by atoms with van der Waals surface area (Å²) >= 11 is 1.37. The molecule has 0 radical (unpaired) electrons. The molecule has 0 bridgehead atoms. The van der Waals surface area contributed by atoms with Gasteiger partial charge in [0.2, 0.25) is 0 Å². The van der Waals surface area contributed by atoms with E-state index in [-0.39, 0.29) is 5.91 Å². The van der Waals surface area contributed by atoms with E-state index in [4.69, 9.17) is 0 Å². The topological polar surface area (TPSA) is 63.4 Å². The number of amides is 1. The van der Waals surface area contributed by atoms with Crippen molar-refractivity contribution in [2.45, 2.75) is 11.6 Å². The minimum absolute atomic E-state index is 0.00562. The fourth-order valence-corrected chi connectivity index (χ4v) is 2.83. The molecule has 0 saturated heterocycles. The lowest BCUT2D eigenvalue weighted by Gasteiger charge is -2.10. The van der Waals surface area contributed by atoms with E-state index in [0.29, 0.717) is 12.3 Å². The molecule has 108 valence electrons. The second-order valence-corrected chi connectivity index (χ2v) is 5.64. The van der Waals surface area contributed by atoms with Crippen LogP contribution in [0.1, 0.15) is 12.0 Å². The van der Waals surface area contributed by atoms with Crippen molar-refractivity contribution < 1.29 is 4.79 Å². The van der Waals surface area contributed by atoms with Crippen molar-refractivity contribution >= 4 is 23.4 Å². The van der Waals surface area contributed by atoms with Gasteiger partial charge in [0.1, 0.15) is 6.33 Å². The van der Waals surface area contributed by atoms with Crippen LogP contribution in [-0.2, 0) is 11.8 Å². The first-order chi connectivity index (χ1) is 10.2. The van der Waals surface area contributed by atoms with Crippen molar-refractivity contribution in [3.8, 4) is 0 Å². The molecule has 2 aromatic rings. The molecule has 0 fully saturated rings. The number of aryl methyl sites for hydroxylation is 1. The van der Waals surface area contributed by atoms with Gasteiger partial charge in [0, 0.05) is 13.5 Å². The predicted octanol–water partition coefficient (Wildman–Crippen LogP) is 1.54. The van der Waals surface area contributed by atoms with Crippen LogP contribution < -0.4 is 0 Å². The third-order valence-electron chi connectivity index (χ3n) is 3.19. The quantitative estimate of drug-likeness (QED) is 0.804. The van der Waals surface area contributed by atoms with E-state index in [1.165, 1.54) is 11.8 Å². The van der Waals surface area contributed by atoms with Crippen LogP contribution in [0.3, 0.4) is 0 Å². The zero-order valence-electron chi connectivity index (χ0n) is 11.6. The Morgan fingerprint density at radius 2 is 2.14 bits per heavy atom. The average molecular weight is 301 g/mol. The fraction of sp³-hybridized carbons (Fsp3) is 0.286. The number of benzene rings is 1. The van der Waals surface area contributed by atoms with Crippen LogP contribution in [0.2, 0.25) is 0 Å². The molecule has 0 atom stereocenters. The molecule has 1 aliphatic rings. The number of hydrazone groups is 1. The van der Waals surface area contributed by atoms with Crippen molar-refractivity contribution in [2.24, 2.45) is 12.1 Å². The van der Waals surface area contributed by atoms with E-state index in [2.05, 4.69) is 15.3 Å². The van der Waals surface area contributed by atoms with Crippen LogP contribution in [0.4, 0.5) is 0 Å². The van der Waals surface area contributed by atoms with Crippen molar-refractivity contribution in [2.75, 3.05) is 12.3 Å². The molecule has 3 rings (SSSR count). The summed E-state index contributed by atoms with van der Waals surface area (Å²) in [6, 6.07) is 9.96. The lowest BCUT2D eigenvalue weighted by Crippen LogP contribution is -2.25. The van der Waals surface area contributed by atoms with Crippen LogP contribution in [0.25, 0.3) is 0 Å². The van der Waals surface area contributed by atoms with Gasteiger partial charge >= 0.3 is 0 Å². The Morgan fingerprint density at radius 3 is 2.86 bits per heavy atom. The summed E-state index contributed by atoms with van der Waals surface area (Å²) in [7, 11) is 1.86. The van der Waals surface area contributed by atoms with E-state index in [0.717, 1.165) is 22.9 Å². The minimum Gasteiger partial charge on any atom is -0.312 e. The number of aromatic nitrogens is 3.